The molecule has 4 heteroatoms. The van der Waals surface area contributed by atoms with Crippen LogP contribution in [0.1, 0.15) is 29.8 Å². The molecule has 0 saturated carbocycles. The fourth-order valence-corrected chi connectivity index (χ4v) is 3.15. The summed E-state index contributed by atoms with van der Waals surface area (Å²) in [5.74, 6) is 0. The molecule has 0 amide bonds. The van der Waals surface area contributed by atoms with Crippen molar-refractivity contribution < 1.29 is 0 Å². The Balaban J connectivity index is 2.13. The minimum absolute atomic E-state index is 0.279. The van der Waals surface area contributed by atoms with Crippen LogP contribution in [0.5, 0.6) is 0 Å². The standard InChI is InChI=1S/C14H17ClN2S/c1-2-6-17-13(14-12(15)5-8-18-14)9-11-4-3-7-16-10-11/h3-5,7-8,10,13,17H,2,6,9H2,1H3. The van der Waals surface area contributed by atoms with Gasteiger partial charge in [0.1, 0.15) is 0 Å². The van der Waals surface area contributed by atoms with Gasteiger partial charge in [0.25, 0.3) is 0 Å². The van der Waals surface area contributed by atoms with E-state index in [4.69, 9.17) is 11.6 Å². The second-order valence-electron chi connectivity index (χ2n) is 4.20. The molecule has 0 fully saturated rings. The van der Waals surface area contributed by atoms with Gasteiger partial charge in [0.2, 0.25) is 0 Å². The third-order valence-corrected chi connectivity index (χ3v) is 4.24. The zero-order valence-corrected chi connectivity index (χ0v) is 12.0. The Bertz CT molecular complexity index is 470. The molecule has 1 unspecified atom stereocenters. The molecule has 0 bridgehead atoms. The van der Waals surface area contributed by atoms with Gasteiger partial charge in [0, 0.05) is 23.3 Å². The average molecular weight is 281 g/mol. The Labute approximate surface area is 117 Å². The smallest absolute Gasteiger partial charge is 0.0561 e. The molecule has 96 valence electrons. The van der Waals surface area contributed by atoms with Crippen molar-refractivity contribution in [2.24, 2.45) is 0 Å². The minimum atomic E-state index is 0.279. The van der Waals surface area contributed by atoms with Crippen molar-refractivity contribution in [3.8, 4) is 0 Å². The zero-order valence-electron chi connectivity index (χ0n) is 10.4. The van der Waals surface area contributed by atoms with Gasteiger partial charge in [-0.15, -0.1) is 11.3 Å². The highest BCUT2D eigenvalue weighted by Gasteiger charge is 2.16. The van der Waals surface area contributed by atoms with Gasteiger partial charge in [-0.25, -0.2) is 0 Å². The van der Waals surface area contributed by atoms with Crippen LogP contribution in [0.15, 0.2) is 36.0 Å². The highest BCUT2D eigenvalue weighted by molar-refractivity contribution is 7.10. The van der Waals surface area contributed by atoms with Gasteiger partial charge < -0.3 is 5.32 Å². The summed E-state index contributed by atoms with van der Waals surface area (Å²) in [5.41, 5.74) is 1.23. The molecule has 0 aliphatic heterocycles. The Hall–Kier alpha value is -0.900. The number of hydrogen-bond donors (Lipinski definition) is 1. The number of hydrogen-bond acceptors (Lipinski definition) is 3. The van der Waals surface area contributed by atoms with Gasteiger partial charge >= 0.3 is 0 Å². The zero-order chi connectivity index (χ0) is 12.8. The Kier molecular flexibility index (Phi) is 5.17. The SMILES string of the molecule is CCCNC(Cc1cccnc1)c1sccc1Cl. The van der Waals surface area contributed by atoms with E-state index in [2.05, 4.69) is 23.3 Å². The number of rotatable bonds is 6. The van der Waals surface area contributed by atoms with E-state index in [0.717, 1.165) is 24.4 Å². The summed E-state index contributed by atoms with van der Waals surface area (Å²) in [4.78, 5) is 5.38. The quantitative estimate of drug-likeness (QED) is 0.862. The van der Waals surface area contributed by atoms with E-state index in [9.17, 15) is 0 Å². The van der Waals surface area contributed by atoms with Gasteiger partial charge in [-0.3, -0.25) is 4.98 Å². The van der Waals surface area contributed by atoms with Crippen LogP contribution >= 0.6 is 22.9 Å². The number of nitrogens with zero attached hydrogens (tertiary/aromatic N) is 1. The van der Waals surface area contributed by atoms with E-state index >= 15 is 0 Å². The molecule has 1 N–H and O–H groups in total. The van der Waals surface area contributed by atoms with Crippen molar-refractivity contribution in [2.75, 3.05) is 6.54 Å². The van der Waals surface area contributed by atoms with Gasteiger partial charge in [0.05, 0.1) is 5.02 Å². The number of nitrogens with one attached hydrogen (secondary N) is 1. The number of thiophene rings is 1. The van der Waals surface area contributed by atoms with Crippen molar-refractivity contribution in [1.29, 1.82) is 0 Å². The van der Waals surface area contributed by atoms with Crippen LogP contribution < -0.4 is 5.32 Å². The van der Waals surface area contributed by atoms with Crippen molar-refractivity contribution in [1.82, 2.24) is 10.3 Å². The maximum Gasteiger partial charge on any atom is 0.0561 e. The first kappa shape index (κ1) is 13.5. The normalized spacial score (nSPS) is 12.6. The van der Waals surface area contributed by atoms with Crippen LogP contribution in [0.25, 0.3) is 0 Å². The summed E-state index contributed by atoms with van der Waals surface area (Å²) in [7, 11) is 0. The van der Waals surface area contributed by atoms with Crippen molar-refractivity contribution >= 4 is 22.9 Å². The topological polar surface area (TPSA) is 24.9 Å². The van der Waals surface area contributed by atoms with Crippen molar-refractivity contribution in [2.45, 2.75) is 25.8 Å². The third-order valence-electron chi connectivity index (χ3n) is 2.76. The summed E-state index contributed by atoms with van der Waals surface area (Å²) >= 11 is 7.95. The van der Waals surface area contributed by atoms with E-state index in [-0.39, 0.29) is 6.04 Å². The number of aromatic nitrogens is 1. The molecular formula is C14H17ClN2S. The minimum Gasteiger partial charge on any atom is -0.309 e. The van der Waals surface area contributed by atoms with Crippen LogP contribution in [-0.4, -0.2) is 11.5 Å². The van der Waals surface area contributed by atoms with Crippen LogP contribution in [0, 0.1) is 0 Å². The van der Waals surface area contributed by atoms with Gasteiger partial charge in [-0.2, -0.15) is 0 Å². The highest BCUT2D eigenvalue weighted by atomic mass is 35.5. The van der Waals surface area contributed by atoms with Crippen molar-refractivity contribution in [3.63, 3.8) is 0 Å². The molecule has 2 heterocycles. The summed E-state index contributed by atoms with van der Waals surface area (Å²) in [6.45, 7) is 3.17. The molecule has 0 spiro atoms. The van der Waals surface area contributed by atoms with Gasteiger partial charge in [-0.05, 0) is 42.5 Å². The maximum atomic E-state index is 6.23. The molecule has 0 aliphatic carbocycles. The van der Waals surface area contributed by atoms with Gasteiger partial charge in [0.15, 0.2) is 0 Å². The Morgan fingerprint density at radius 2 is 2.33 bits per heavy atom. The monoisotopic (exact) mass is 280 g/mol. The molecule has 0 aliphatic rings. The maximum absolute atomic E-state index is 6.23. The summed E-state index contributed by atoms with van der Waals surface area (Å²) in [6, 6.07) is 6.32. The predicted octanol–water partition coefficient (Wildman–Crippen LogP) is 4.08. The highest BCUT2D eigenvalue weighted by Crippen LogP contribution is 2.30. The Morgan fingerprint density at radius 3 is 2.94 bits per heavy atom. The Morgan fingerprint density at radius 1 is 1.44 bits per heavy atom. The first-order valence-corrected chi connectivity index (χ1v) is 7.42. The number of pyridine rings is 1. The first-order valence-electron chi connectivity index (χ1n) is 6.16. The van der Waals surface area contributed by atoms with E-state index in [1.54, 1.807) is 17.5 Å². The van der Waals surface area contributed by atoms with E-state index in [1.165, 1.54) is 10.4 Å². The molecule has 0 radical (unpaired) electrons. The molecule has 2 aromatic rings. The van der Waals surface area contributed by atoms with Crippen molar-refractivity contribution in [3.05, 3.63) is 51.4 Å². The second kappa shape index (κ2) is 6.88. The van der Waals surface area contributed by atoms with Crippen LogP contribution in [0.3, 0.4) is 0 Å². The first-order chi connectivity index (χ1) is 8.81. The lowest BCUT2D eigenvalue weighted by Crippen LogP contribution is -2.23. The van der Waals surface area contributed by atoms with E-state index < -0.39 is 0 Å². The summed E-state index contributed by atoms with van der Waals surface area (Å²) < 4.78 is 0. The van der Waals surface area contributed by atoms with E-state index in [0.29, 0.717) is 0 Å². The summed E-state index contributed by atoms with van der Waals surface area (Å²) in [6.07, 6.45) is 5.76. The molecule has 18 heavy (non-hydrogen) atoms. The molecular weight excluding hydrogens is 264 g/mol. The van der Waals surface area contributed by atoms with Crippen LogP contribution in [0.2, 0.25) is 5.02 Å². The molecule has 2 rings (SSSR count). The number of halogens is 1. The fraction of sp³-hybridized carbons (Fsp3) is 0.357. The lowest BCUT2D eigenvalue weighted by Gasteiger charge is -2.17. The van der Waals surface area contributed by atoms with Gasteiger partial charge in [-0.1, -0.05) is 24.6 Å². The largest absolute Gasteiger partial charge is 0.309 e. The van der Waals surface area contributed by atoms with E-state index in [1.807, 2.05) is 23.7 Å². The van der Waals surface area contributed by atoms with Crippen LogP contribution in [-0.2, 0) is 6.42 Å². The lowest BCUT2D eigenvalue weighted by atomic mass is 10.1. The molecule has 0 saturated heterocycles. The fourth-order valence-electron chi connectivity index (χ4n) is 1.88. The molecule has 2 aromatic heterocycles. The summed E-state index contributed by atoms with van der Waals surface area (Å²) in [5, 5.41) is 6.46. The molecule has 0 aromatic carbocycles. The lowest BCUT2D eigenvalue weighted by molar-refractivity contribution is 0.536. The predicted molar refractivity (Wildman–Crippen MR) is 78.3 cm³/mol. The average Bonchev–Trinajstić information content (AvgIpc) is 2.82. The third kappa shape index (κ3) is 3.55. The second-order valence-corrected chi connectivity index (χ2v) is 5.56. The molecule has 2 nitrogen and oxygen atoms in total. The van der Waals surface area contributed by atoms with Crippen LogP contribution in [0.4, 0.5) is 0 Å². The molecule has 1 atom stereocenters.